The molecule has 1 aliphatic heterocycles. The molecule has 1 saturated carbocycles. The minimum absolute atomic E-state index is 0.112. The minimum atomic E-state index is 0.112. The topological polar surface area (TPSA) is 40.6 Å². The molecule has 0 radical (unpaired) electrons. The average Bonchev–Trinajstić information content (AvgIpc) is 3.18. The maximum absolute atomic E-state index is 12.4. The van der Waals surface area contributed by atoms with Crippen LogP contribution in [-0.4, -0.2) is 47.8 Å². The lowest BCUT2D eigenvalue weighted by atomic mass is 10.0. The highest BCUT2D eigenvalue weighted by Crippen LogP contribution is 2.28. The Kier molecular flexibility index (Phi) is 4.81. The molecule has 2 amide bonds. The number of hydrogen-bond acceptors (Lipinski definition) is 3. The molecule has 0 unspecified atom stereocenters. The molecule has 2 fully saturated rings. The molecule has 0 bridgehead atoms. The monoisotopic (exact) mass is 320 g/mol. The summed E-state index contributed by atoms with van der Waals surface area (Å²) in [5, 5.41) is 0. The second-order valence-corrected chi connectivity index (χ2v) is 7.73. The molecule has 3 rings (SSSR count). The average molecular weight is 320 g/mol. The van der Waals surface area contributed by atoms with Gasteiger partial charge in [-0.3, -0.25) is 9.59 Å². The van der Waals surface area contributed by atoms with E-state index in [1.807, 2.05) is 28.9 Å². The first-order valence-electron chi connectivity index (χ1n) is 8.27. The quantitative estimate of drug-likeness (QED) is 0.859. The number of thiophene rings is 1. The van der Waals surface area contributed by atoms with E-state index in [1.54, 1.807) is 11.3 Å². The van der Waals surface area contributed by atoms with Crippen molar-refractivity contribution < 1.29 is 9.59 Å². The highest BCUT2D eigenvalue weighted by atomic mass is 32.1. The van der Waals surface area contributed by atoms with Crippen molar-refractivity contribution in [3.63, 3.8) is 0 Å². The van der Waals surface area contributed by atoms with Gasteiger partial charge in [-0.05, 0) is 37.8 Å². The van der Waals surface area contributed by atoms with E-state index in [4.69, 9.17) is 0 Å². The number of carbonyl (C=O) groups is 2. The normalized spacial score (nSPS) is 19.7. The summed E-state index contributed by atoms with van der Waals surface area (Å²) in [7, 11) is 0. The number of aryl methyl sites for hydroxylation is 1. The minimum Gasteiger partial charge on any atom is -0.339 e. The van der Waals surface area contributed by atoms with Gasteiger partial charge in [0.1, 0.15) is 0 Å². The fourth-order valence-corrected chi connectivity index (χ4v) is 4.29. The summed E-state index contributed by atoms with van der Waals surface area (Å²) in [4.78, 5) is 30.5. The Labute approximate surface area is 136 Å². The zero-order valence-corrected chi connectivity index (χ0v) is 14.0. The van der Waals surface area contributed by atoms with Crippen molar-refractivity contribution in [3.8, 4) is 0 Å². The first-order chi connectivity index (χ1) is 10.6. The first kappa shape index (κ1) is 15.5. The zero-order chi connectivity index (χ0) is 15.5. The molecule has 1 aromatic rings. The van der Waals surface area contributed by atoms with Crippen LogP contribution in [0, 0.1) is 12.8 Å². The second kappa shape index (κ2) is 6.82. The molecular weight excluding hydrogens is 296 g/mol. The fraction of sp³-hybridized carbons (Fsp3) is 0.647. The van der Waals surface area contributed by atoms with Gasteiger partial charge in [0.05, 0.1) is 4.88 Å². The van der Waals surface area contributed by atoms with E-state index >= 15 is 0 Å². The standard InChI is InChI=1S/C17H24N2O2S/c1-13-6-7-15(22-13)17(21)19-10-8-18(9-11-19)16(20)12-14-4-2-3-5-14/h6-7,14H,2-5,8-12H2,1H3. The van der Waals surface area contributed by atoms with Gasteiger partial charge in [0.15, 0.2) is 0 Å². The van der Waals surface area contributed by atoms with Gasteiger partial charge in [0, 0.05) is 37.5 Å². The highest BCUT2D eigenvalue weighted by molar-refractivity contribution is 7.13. The second-order valence-electron chi connectivity index (χ2n) is 6.44. The predicted molar refractivity (Wildman–Crippen MR) is 88.1 cm³/mol. The molecular formula is C17H24N2O2S. The van der Waals surface area contributed by atoms with Crippen molar-refractivity contribution in [2.75, 3.05) is 26.2 Å². The van der Waals surface area contributed by atoms with Gasteiger partial charge in [0.2, 0.25) is 5.91 Å². The number of nitrogens with zero attached hydrogens (tertiary/aromatic N) is 2. The summed E-state index contributed by atoms with van der Waals surface area (Å²) < 4.78 is 0. The smallest absolute Gasteiger partial charge is 0.264 e. The van der Waals surface area contributed by atoms with Gasteiger partial charge >= 0.3 is 0 Å². The lowest BCUT2D eigenvalue weighted by Crippen LogP contribution is -2.50. The van der Waals surface area contributed by atoms with Crippen LogP contribution in [0.1, 0.15) is 46.7 Å². The molecule has 2 aliphatic rings. The van der Waals surface area contributed by atoms with Crippen molar-refractivity contribution >= 4 is 23.2 Å². The van der Waals surface area contributed by atoms with Crippen molar-refractivity contribution in [2.45, 2.75) is 39.0 Å². The van der Waals surface area contributed by atoms with E-state index in [0.717, 1.165) is 9.75 Å². The maximum Gasteiger partial charge on any atom is 0.264 e. The molecule has 1 aromatic heterocycles. The summed E-state index contributed by atoms with van der Waals surface area (Å²) in [6, 6.07) is 3.89. The molecule has 1 aliphatic carbocycles. The van der Waals surface area contributed by atoms with E-state index in [-0.39, 0.29) is 11.8 Å². The number of piperazine rings is 1. The Balaban J connectivity index is 1.49. The van der Waals surface area contributed by atoms with Crippen molar-refractivity contribution in [3.05, 3.63) is 21.9 Å². The number of rotatable bonds is 3. The maximum atomic E-state index is 12.4. The Hall–Kier alpha value is -1.36. The number of hydrogen-bond donors (Lipinski definition) is 0. The van der Waals surface area contributed by atoms with Crippen molar-refractivity contribution in [1.29, 1.82) is 0 Å². The molecule has 2 heterocycles. The fourth-order valence-electron chi connectivity index (χ4n) is 3.45. The molecule has 5 heteroatoms. The molecule has 0 N–H and O–H groups in total. The van der Waals surface area contributed by atoms with Gasteiger partial charge in [-0.25, -0.2) is 0 Å². The number of carbonyl (C=O) groups excluding carboxylic acids is 2. The Morgan fingerprint density at radius 1 is 1.09 bits per heavy atom. The first-order valence-corrected chi connectivity index (χ1v) is 9.08. The van der Waals surface area contributed by atoms with E-state index in [9.17, 15) is 9.59 Å². The van der Waals surface area contributed by atoms with Gasteiger partial charge < -0.3 is 9.80 Å². The van der Waals surface area contributed by atoms with Crippen LogP contribution >= 0.6 is 11.3 Å². The SMILES string of the molecule is Cc1ccc(C(=O)N2CCN(C(=O)CC3CCCC3)CC2)s1. The highest BCUT2D eigenvalue weighted by Gasteiger charge is 2.27. The van der Waals surface area contributed by atoms with Crippen LogP contribution in [0.4, 0.5) is 0 Å². The third kappa shape index (κ3) is 3.51. The molecule has 22 heavy (non-hydrogen) atoms. The van der Waals surface area contributed by atoms with Crippen LogP contribution in [0.3, 0.4) is 0 Å². The molecule has 120 valence electrons. The van der Waals surface area contributed by atoms with Crippen LogP contribution < -0.4 is 0 Å². The van der Waals surface area contributed by atoms with Gasteiger partial charge in [-0.2, -0.15) is 0 Å². The third-order valence-electron chi connectivity index (χ3n) is 4.81. The third-order valence-corrected chi connectivity index (χ3v) is 5.80. The summed E-state index contributed by atoms with van der Waals surface area (Å²) in [6.07, 6.45) is 5.68. The lowest BCUT2D eigenvalue weighted by molar-refractivity contribution is -0.133. The largest absolute Gasteiger partial charge is 0.339 e. The lowest BCUT2D eigenvalue weighted by Gasteiger charge is -2.35. The van der Waals surface area contributed by atoms with Gasteiger partial charge in [-0.1, -0.05) is 12.8 Å². The van der Waals surface area contributed by atoms with E-state index in [0.29, 0.717) is 38.5 Å². The summed E-state index contributed by atoms with van der Waals surface area (Å²) in [5.74, 6) is 0.994. The van der Waals surface area contributed by atoms with E-state index in [2.05, 4.69) is 0 Å². The van der Waals surface area contributed by atoms with Crippen molar-refractivity contribution in [2.24, 2.45) is 5.92 Å². The molecule has 4 nitrogen and oxygen atoms in total. The van der Waals surface area contributed by atoms with Gasteiger partial charge in [0.25, 0.3) is 5.91 Å². The van der Waals surface area contributed by atoms with Crippen molar-refractivity contribution in [1.82, 2.24) is 9.80 Å². The Bertz CT molecular complexity index is 541. The van der Waals surface area contributed by atoms with Crippen LogP contribution in [-0.2, 0) is 4.79 Å². The van der Waals surface area contributed by atoms with Crippen LogP contribution in [0.5, 0.6) is 0 Å². The number of amides is 2. The van der Waals surface area contributed by atoms with Crippen LogP contribution in [0.2, 0.25) is 0 Å². The Morgan fingerprint density at radius 2 is 1.73 bits per heavy atom. The zero-order valence-electron chi connectivity index (χ0n) is 13.2. The molecule has 0 atom stereocenters. The molecule has 1 saturated heterocycles. The summed E-state index contributed by atoms with van der Waals surface area (Å²) >= 11 is 1.55. The van der Waals surface area contributed by atoms with Gasteiger partial charge in [-0.15, -0.1) is 11.3 Å². The Morgan fingerprint density at radius 3 is 2.32 bits per heavy atom. The predicted octanol–water partition coefficient (Wildman–Crippen LogP) is 2.92. The van der Waals surface area contributed by atoms with E-state index in [1.165, 1.54) is 25.7 Å². The summed E-state index contributed by atoms with van der Waals surface area (Å²) in [6.45, 7) is 4.70. The molecule has 0 aromatic carbocycles. The summed E-state index contributed by atoms with van der Waals surface area (Å²) in [5.41, 5.74) is 0. The van der Waals surface area contributed by atoms with E-state index < -0.39 is 0 Å². The van der Waals surface area contributed by atoms with Crippen LogP contribution in [0.15, 0.2) is 12.1 Å². The molecule has 0 spiro atoms. The van der Waals surface area contributed by atoms with Crippen LogP contribution in [0.25, 0.3) is 0 Å².